The molecule has 2 atom stereocenters. The minimum atomic E-state index is -1.05. The number of aromatic carboxylic acids is 1. The van der Waals surface area contributed by atoms with Crippen molar-refractivity contribution in [1.29, 1.82) is 0 Å². The quantitative estimate of drug-likeness (QED) is 0.754. The molecular weight excluding hydrogens is 330 g/mol. The molecule has 0 saturated carbocycles. The molecule has 0 radical (unpaired) electrons. The smallest absolute Gasteiger partial charge is 0.371 e. The second-order valence-electron chi connectivity index (χ2n) is 6.91. The average Bonchev–Trinajstić information content (AvgIpc) is 3.24. The number of carboxylic acids is 1. The summed E-state index contributed by atoms with van der Waals surface area (Å²) in [4.78, 5) is 13.3. The lowest BCUT2D eigenvalue weighted by Crippen LogP contribution is -2.41. The summed E-state index contributed by atoms with van der Waals surface area (Å²) in [6.45, 7) is 2.93. The molecule has 2 unspecified atom stereocenters. The molecule has 134 valence electrons. The molecule has 1 aromatic heterocycles. The molecule has 0 spiro atoms. The molecule has 0 aliphatic carbocycles. The van der Waals surface area contributed by atoms with Crippen molar-refractivity contribution in [2.45, 2.75) is 32.0 Å². The van der Waals surface area contributed by atoms with E-state index >= 15 is 0 Å². The molecule has 0 amide bonds. The number of benzene rings is 2. The first-order valence-electron chi connectivity index (χ1n) is 8.72. The molecule has 4 rings (SSSR count). The zero-order valence-corrected chi connectivity index (χ0v) is 14.8. The van der Waals surface area contributed by atoms with Gasteiger partial charge in [-0.3, -0.25) is 4.90 Å². The van der Waals surface area contributed by atoms with E-state index in [4.69, 9.17) is 14.3 Å². The molecule has 0 fully saturated rings. The Kier molecular flexibility index (Phi) is 4.17. The van der Waals surface area contributed by atoms with Crippen LogP contribution >= 0.6 is 0 Å². The highest BCUT2D eigenvalue weighted by Gasteiger charge is 2.29. The van der Waals surface area contributed by atoms with E-state index in [0.717, 1.165) is 29.7 Å². The van der Waals surface area contributed by atoms with Crippen LogP contribution in [0, 0.1) is 0 Å². The van der Waals surface area contributed by atoms with Crippen LogP contribution in [-0.2, 0) is 13.0 Å². The maximum absolute atomic E-state index is 11.0. The molecule has 5 nitrogen and oxygen atoms in total. The maximum atomic E-state index is 11.0. The van der Waals surface area contributed by atoms with Crippen LogP contribution in [0.25, 0.3) is 11.0 Å². The summed E-state index contributed by atoms with van der Waals surface area (Å²) < 4.78 is 11.4. The van der Waals surface area contributed by atoms with Crippen LogP contribution < -0.4 is 4.74 Å². The Morgan fingerprint density at radius 1 is 1.27 bits per heavy atom. The molecule has 1 N–H and O–H groups in total. The second kappa shape index (κ2) is 6.50. The van der Waals surface area contributed by atoms with Gasteiger partial charge >= 0.3 is 5.97 Å². The van der Waals surface area contributed by atoms with Crippen molar-refractivity contribution in [3.63, 3.8) is 0 Å². The van der Waals surface area contributed by atoms with E-state index in [1.54, 1.807) is 6.07 Å². The van der Waals surface area contributed by atoms with Crippen molar-refractivity contribution in [3.8, 4) is 5.75 Å². The molecule has 1 aliphatic heterocycles. The van der Waals surface area contributed by atoms with Gasteiger partial charge in [0.05, 0.1) is 0 Å². The summed E-state index contributed by atoms with van der Waals surface area (Å²) in [5.74, 6) is -0.0961. The summed E-state index contributed by atoms with van der Waals surface area (Å²) in [6.07, 6.45) is 1.05. The second-order valence-corrected chi connectivity index (χ2v) is 6.91. The van der Waals surface area contributed by atoms with Crippen molar-refractivity contribution >= 4 is 16.9 Å². The number of hydrogen-bond donors (Lipinski definition) is 1. The third-order valence-corrected chi connectivity index (χ3v) is 5.13. The highest BCUT2D eigenvalue weighted by atomic mass is 16.5. The van der Waals surface area contributed by atoms with E-state index in [2.05, 4.69) is 24.9 Å². The fraction of sp³-hybridized carbons (Fsp3) is 0.286. The number of carboxylic acid groups (broad SMARTS) is 1. The van der Waals surface area contributed by atoms with Gasteiger partial charge in [-0.2, -0.15) is 0 Å². The zero-order chi connectivity index (χ0) is 18.3. The number of fused-ring (bicyclic) bond motifs is 2. The summed E-state index contributed by atoms with van der Waals surface area (Å²) in [5, 5.41) is 9.86. The van der Waals surface area contributed by atoms with Gasteiger partial charge in [0.2, 0.25) is 5.76 Å². The number of carbonyl (C=O) groups is 1. The van der Waals surface area contributed by atoms with Gasteiger partial charge < -0.3 is 14.3 Å². The standard InChI is InChI=1S/C21H21NO4/c1-13(19-10-15-5-3-4-6-17(15)25-19)22(2)12-14-7-8-18-16(9-14)11-20(26-18)21(23)24/h3-9,11,13,19H,10,12H2,1-2H3,(H,23,24). The average molecular weight is 351 g/mol. The third kappa shape index (κ3) is 3.06. The van der Waals surface area contributed by atoms with E-state index in [1.807, 2.05) is 36.4 Å². The molecule has 2 heterocycles. The number of furan rings is 1. The van der Waals surface area contributed by atoms with E-state index in [1.165, 1.54) is 5.56 Å². The Morgan fingerprint density at radius 2 is 2.08 bits per heavy atom. The topological polar surface area (TPSA) is 62.9 Å². The number of likely N-dealkylation sites (N-methyl/N-ethyl adjacent to an activating group) is 1. The summed E-state index contributed by atoms with van der Waals surface area (Å²) in [5.41, 5.74) is 2.97. The van der Waals surface area contributed by atoms with Gasteiger partial charge in [0.25, 0.3) is 0 Å². The summed E-state index contributed by atoms with van der Waals surface area (Å²) >= 11 is 0. The monoisotopic (exact) mass is 351 g/mol. The highest BCUT2D eigenvalue weighted by Crippen LogP contribution is 2.31. The largest absolute Gasteiger partial charge is 0.488 e. The Hall–Kier alpha value is -2.79. The summed E-state index contributed by atoms with van der Waals surface area (Å²) in [7, 11) is 2.08. The van der Waals surface area contributed by atoms with Crippen molar-refractivity contribution in [1.82, 2.24) is 4.90 Å². The molecule has 0 saturated heterocycles. The lowest BCUT2D eigenvalue weighted by molar-refractivity contribution is 0.0665. The minimum Gasteiger partial charge on any atom is -0.488 e. The van der Waals surface area contributed by atoms with Gasteiger partial charge in [-0.1, -0.05) is 24.3 Å². The third-order valence-electron chi connectivity index (χ3n) is 5.13. The first kappa shape index (κ1) is 16.7. The van der Waals surface area contributed by atoms with Crippen LogP contribution in [0.5, 0.6) is 5.75 Å². The van der Waals surface area contributed by atoms with Crippen LogP contribution in [0.1, 0.15) is 28.6 Å². The van der Waals surface area contributed by atoms with Crippen molar-refractivity contribution in [3.05, 3.63) is 65.4 Å². The number of ether oxygens (including phenoxy) is 1. The Bertz CT molecular complexity index is 937. The van der Waals surface area contributed by atoms with Gasteiger partial charge in [-0.15, -0.1) is 0 Å². The fourth-order valence-electron chi connectivity index (χ4n) is 3.49. The van der Waals surface area contributed by atoms with Crippen LogP contribution in [-0.4, -0.2) is 35.2 Å². The predicted molar refractivity (Wildman–Crippen MR) is 98.7 cm³/mol. The lowest BCUT2D eigenvalue weighted by atomic mass is 10.0. The first-order valence-corrected chi connectivity index (χ1v) is 8.72. The van der Waals surface area contributed by atoms with Gasteiger partial charge in [-0.05, 0) is 49.4 Å². The molecule has 0 bridgehead atoms. The van der Waals surface area contributed by atoms with Crippen LogP contribution in [0.4, 0.5) is 0 Å². The SMILES string of the molecule is CC(C1Cc2ccccc2O1)N(C)Cc1ccc2oc(C(=O)O)cc2c1. The lowest BCUT2D eigenvalue weighted by Gasteiger charge is -2.29. The normalized spacial score (nSPS) is 17.3. The maximum Gasteiger partial charge on any atom is 0.371 e. The molecule has 2 aromatic carbocycles. The number of hydrogen-bond acceptors (Lipinski definition) is 4. The van der Waals surface area contributed by atoms with E-state index in [9.17, 15) is 4.79 Å². The van der Waals surface area contributed by atoms with Crippen LogP contribution in [0.2, 0.25) is 0 Å². The van der Waals surface area contributed by atoms with E-state index in [0.29, 0.717) is 5.58 Å². The van der Waals surface area contributed by atoms with Crippen LogP contribution in [0.3, 0.4) is 0 Å². The predicted octanol–water partition coefficient (Wildman–Crippen LogP) is 3.96. The number of rotatable bonds is 5. The van der Waals surface area contributed by atoms with Crippen molar-refractivity contribution in [2.75, 3.05) is 7.05 Å². The minimum absolute atomic E-state index is 0.0315. The number of nitrogens with zero attached hydrogens (tertiary/aromatic N) is 1. The molecule has 5 heteroatoms. The van der Waals surface area contributed by atoms with Gasteiger partial charge in [-0.25, -0.2) is 4.79 Å². The van der Waals surface area contributed by atoms with Crippen molar-refractivity contribution in [2.24, 2.45) is 0 Å². The van der Waals surface area contributed by atoms with E-state index < -0.39 is 5.97 Å². The fourth-order valence-corrected chi connectivity index (χ4v) is 3.49. The zero-order valence-electron chi connectivity index (χ0n) is 14.8. The van der Waals surface area contributed by atoms with Crippen molar-refractivity contribution < 1.29 is 19.1 Å². The Labute approximate surface area is 151 Å². The van der Waals surface area contributed by atoms with Gasteiger partial charge in [0.15, 0.2) is 0 Å². The van der Waals surface area contributed by atoms with Gasteiger partial charge in [0, 0.05) is 24.4 Å². The first-order chi connectivity index (χ1) is 12.5. The number of para-hydroxylation sites is 1. The van der Waals surface area contributed by atoms with Crippen LogP contribution in [0.15, 0.2) is 52.9 Å². The highest BCUT2D eigenvalue weighted by molar-refractivity contribution is 5.91. The molecule has 1 aliphatic rings. The van der Waals surface area contributed by atoms with Gasteiger partial charge in [0.1, 0.15) is 17.4 Å². The Balaban J connectivity index is 1.46. The molecule has 26 heavy (non-hydrogen) atoms. The van der Waals surface area contributed by atoms with E-state index in [-0.39, 0.29) is 17.9 Å². The molecule has 3 aromatic rings. The molecular formula is C21H21NO4. The Morgan fingerprint density at radius 3 is 2.85 bits per heavy atom. The summed E-state index contributed by atoms with van der Waals surface area (Å²) in [6, 6.07) is 15.8.